The van der Waals surface area contributed by atoms with Gasteiger partial charge in [-0.25, -0.2) is 0 Å². The second-order valence-electron chi connectivity index (χ2n) is 20.6. The minimum Gasteiger partial charge on any atom is -0.462 e. The third-order valence-corrected chi connectivity index (χ3v) is 13.2. The van der Waals surface area contributed by atoms with Gasteiger partial charge in [-0.2, -0.15) is 0 Å². The topological polar surface area (TPSA) is 78.9 Å². The number of carbonyl (C=O) groups excluding carboxylic acids is 3. The van der Waals surface area contributed by atoms with Crippen molar-refractivity contribution in [3.63, 3.8) is 0 Å². The monoisotopic (exact) mass is 1050 g/mol. The molecule has 0 saturated heterocycles. The Kier molecular flexibility index (Phi) is 59.9. The number of esters is 3. The molecule has 0 aromatic heterocycles. The normalized spacial score (nSPS) is 12.9. The highest BCUT2D eigenvalue weighted by Crippen LogP contribution is 2.17. The van der Waals surface area contributed by atoms with Crippen molar-refractivity contribution in [2.75, 3.05) is 13.2 Å². The lowest BCUT2D eigenvalue weighted by atomic mass is 10.0. The van der Waals surface area contributed by atoms with Gasteiger partial charge in [0, 0.05) is 12.8 Å². The van der Waals surface area contributed by atoms with Gasteiger partial charge in [0.25, 0.3) is 0 Å². The number of rotatable bonds is 56. The molecule has 0 saturated carbocycles. The first-order valence-corrected chi connectivity index (χ1v) is 31.5. The van der Waals surface area contributed by atoms with E-state index in [1.54, 1.807) is 6.08 Å². The maximum absolute atomic E-state index is 12.9. The average molecular weight is 1050 g/mol. The fraction of sp³-hybridized carbons (Fsp3) is 0.671. The summed E-state index contributed by atoms with van der Waals surface area (Å²) in [6.45, 7) is 6.32. The second-order valence-corrected chi connectivity index (χ2v) is 20.6. The van der Waals surface area contributed by atoms with E-state index in [0.717, 1.165) is 103 Å². The number of carbonyl (C=O) groups is 3. The molecule has 0 bridgehead atoms. The molecule has 0 aromatic carbocycles. The van der Waals surface area contributed by atoms with Gasteiger partial charge in [-0.3, -0.25) is 14.4 Å². The van der Waals surface area contributed by atoms with Crippen LogP contribution in [0, 0.1) is 0 Å². The van der Waals surface area contributed by atoms with E-state index >= 15 is 0 Å². The predicted octanol–water partition coefficient (Wildman–Crippen LogP) is 21.6. The van der Waals surface area contributed by atoms with Crippen molar-refractivity contribution in [2.24, 2.45) is 0 Å². The number of hydrogen-bond acceptors (Lipinski definition) is 6. The highest BCUT2D eigenvalue weighted by Gasteiger charge is 2.19. The summed E-state index contributed by atoms with van der Waals surface area (Å²) in [5.41, 5.74) is 0. The molecule has 0 aromatic rings. The Balaban J connectivity index is 4.45. The van der Waals surface area contributed by atoms with E-state index in [1.807, 2.05) is 6.08 Å². The third-order valence-electron chi connectivity index (χ3n) is 13.2. The zero-order valence-electron chi connectivity index (χ0n) is 49.5. The van der Waals surface area contributed by atoms with Crippen LogP contribution in [0.5, 0.6) is 0 Å². The summed E-state index contributed by atoms with van der Waals surface area (Å²) in [5, 5.41) is 0. The minimum atomic E-state index is -0.839. The van der Waals surface area contributed by atoms with Crippen molar-refractivity contribution in [1.29, 1.82) is 0 Å². The van der Waals surface area contributed by atoms with Crippen LogP contribution >= 0.6 is 0 Å². The van der Waals surface area contributed by atoms with Crippen molar-refractivity contribution in [1.82, 2.24) is 0 Å². The van der Waals surface area contributed by atoms with Crippen molar-refractivity contribution >= 4 is 17.9 Å². The van der Waals surface area contributed by atoms with E-state index in [0.29, 0.717) is 12.8 Å². The van der Waals surface area contributed by atoms with E-state index < -0.39 is 12.1 Å². The van der Waals surface area contributed by atoms with E-state index in [2.05, 4.69) is 130 Å². The van der Waals surface area contributed by atoms with Gasteiger partial charge < -0.3 is 14.2 Å². The van der Waals surface area contributed by atoms with Crippen molar-refractivity contribution in [2.45, 2.75) is 290 Å². The fourth-order valence-corrected chi connectivity index (χ4v) is 8.60. The first kappa shape index (κ1) is 71.8. The number of hydrogen-bond donors (Lipinski definition) is 0. The molecule has 0 aliphatic heterocycles. The largest absolute Gasteiger partial charge is 0.462 e. The van der Waals surface area contributed by atoms with Gasteiger partial charge in [0.2, 0.25) is 0 Å². The number of unbranched alkanes of at least 4 members (excludes halogenated alkanes) is 26. The van der Waals surface area contributed by atoms with Crippen molar-refractivity contribution < 1.29 is 28.6 Å². The lowest BCUT2D eigenvalue weighted by Crippen LogP contribution is -2.30. The Bertz CT molecular complexity index is 1590. The summed E-state index contributed by atoms with van der Waals surface area (Å²) >= 11 is 0. The molecule has 0 aliphatic carbocycles. The molecule has 0 aliphatic rings. The molecule has 0 spiro atoms. The van der Waals surface area contributed by atoms with Crippen LogP contribution in [0.3, 0.4) is 0 Å². The maximum atomic E-state index is 12.9. The lowest BCUT2D eigenvalue weighted by molar-refractivity contribution is -0.166. The molecule has 1 unspecified atom stereocenters. The zero-order chi connectivity index (χ0) is 55.0. The molecule has 1 atom stereocenters. The maximum Gasteiger partial charge on any atom is 0.309 e. The summed E-state index contributed by atoms with van der Waals surface area (Å²) in [5.74, 6) is -1.08. The molecule has 0 amide bonds. The first-order chi connectivity index (χ1) is 37.5. The molecule has 6 nitrogen and oxygen atoms in total. The molecule has 0 fully saturated rings. The zero-order valence-corrected chi connectivity index (χ0v) is 49.5. The van der Waals surface area contributed by atoms with E-state index in [4.69, 9.17) is 14.2 Å². The summed E-state index contributed by atoms with van der Waals surface area (Å²) in [4.78, 5) is 38.2. The van der Waals surface area contributed by atoms with Crippen LogP contribution in [0.1, 0.15) is 284 Å². The fourth-order valence-electron chi connectivity index (χ4n) is 8.60. The van der Waals surface area contributed by atoms with Crippen LogP contribution in [0.15, 0.2) is 122 Å². The van der Waals surface area contributed by atoms with Crippen molar-refractivity contribution in [3.05, 3.63) is 122 Å². The molecule has 0 rings (SSSR count). The highest BCUT2D eigenvalue weighted by molar-refractivity contribution is 5.72. The van der Waals surface area contributed by atoms with Gasteiger partial charge >= 0.3 is 17.9 Å². The van der Waals surface area contributed by atoms with Gasteiger partial charge in [-0.05, 0) is 89.9 Å². The van der Waals surface area contributed by atoms with Crippen molar-refractivity contribution in [3.8, 4) is 0 Å². The van der Waals surface area contributed by atoms with E-state index in [-0.39, 0.29) is 38.0 Å². The molecule has 0 heterocycles. The number of ether oxygens (including phenoxy) is 3. The quantitative estimate of drug-likeness (QED) is 0.0261. The van der Waals surface area contributed by atoms with Gasteiger partial charge in [0.05, 0.1) is 6.42 Å². The van der Waals surface area contributed by atoms with Crippen LogP contribution in [0.2, 0.25) is 0 Å². The molecular formula is C70H116O6. The Hall–Kier alpha value is -4.19. The summed E-state index contributed by atoms with van der Waals surface area (Å²) in [6, 6.07) is 0. The molecule has 6 heteroatoms. The van der Waals surface area contributed by atoms with Crippen LogP contribution < -0.4 is 0 Å². The molecule has 432 valence electrons. The number of allylic oxidation sites excluding steroid dienone is 19. The molecule has 0 N–H and O–H groups in total. The SMILES string of the molecule is CC/C=C\C/C=C\C/C=C\C/C=C\C/C=C\CCCCCC(=O)OC(COC(=O)C/C=C\C/C=C\C/C=C\C/C=C\C/C=C\CC)COC(=O)CCCCCCCCCCCCCCCCCCCCCCCCCC. The molecular weight excluding hydrogens is 937 g/mol. The standard InChI is InChI=1S/C70H116O6/c1-4-7-10-13-16-19-22-25-28-30-32-33-34-35-36-38-39-42-45-48-51-54-57-60-63-69(72)75-66-67(65-74-68(71)62-59-56-53-50-47-44-41-27-24-21-18-15-12-9-6-3)76-70(73)64-61-58-55-52-49-46-43-40-37-31-29-26-23-20-17-14-11-8-5-2/h8-9,11-12,17-18,20-21,26-27,29,37,40-41,46-47,49-50,56,59,67H,4-7,10,13-16,19,22-25,28,30-36,38-39,42-45,48,51-55,57-58,60-66H2,1-3H3/b11-8-,12-9-,20-17-,21-18-,29-26-,40-37-,41-27-,49-46-,50-47-,59-56-. The Morgan fingerprint density at radius 2 is 0.566 bits per heavy atom. The summed E-state index contributed by atoms with van der Waals surface area (Å²) in [6.07, 6.45) is 88.1. The highest BCUT2D eigenvalue weighted by atomic mass is 16.6. The average Bonchev–Trinajstić information content (AvgIpc) is 3.42. The van der Waals surface area contributed by atoms with Gasteiger partial charge in [0.15, 0.2) is 6.10 Å². The van der Waals surface area contributed by atoms with E-state index in [1.165, 1.54) is 135 Å². The van der Waals surface area contributed by atoms with Crippen LogP contribution in [-0.4, -0.2) is 37.2 Å². The summed E-state index contributed by atoms with van der Waals surface area (Å²) in [7, 11) is 0. The lowest BCUT2D eigenvalue weighted by Gasteiger charge is -2.18. The Morgan fingerprint density at radius 1 is 0.289 bits per heavy atom. The minimum absolute atomic E-state index is 0.116. The van der Waals surface area contributed by atoms with Crippen LogP contribution in [0.25, 0.3) is 0 Å². The Morgan fingerprint density at radius 3 is 0.921 bits per heavy atom. The Labute approximate surface area is 469 Å². The van der Waals surface area contributed by atoms with Gasteiger partial charge in [-0.1, -0.05) is 296 Å². The van der Waals surface area contributed by atoms with E-state index in [9.17, 15) is 14.4 Å². The summed E-state index contributed by atoms with van der Waals surface area (Å²) < 4.78 is 16.8. The molecule has 0 radical (unpaired) electrons. The van der Waals surface area contributed by atoms with Crippen LogP contribution in [0.4, 0.5) is 0 Å². The molecule has 76 heavy (non-hydrogen) atoms. The predicted molar refractivity (Wildman–Crippen MR) is 330 cm³/mol. The smallest absolute Gasteiger partial charge is 0.309 e. The van der Waals surface area contributed by atoms with Gasteiger partial charge in [-0.15, -0.1) is 0 Å². The first-order valence-electron chi connectivity index (χ1n) is 31.5. The second kappa shape index (κ2) is 63.3. The van der Waals surface area contributed by atoms with Crippen LogP contribution in [-0.2, 0) is 28.6 Å². The third kappa shape index (κ3) is 60.7. The van der Waals surface area contributed by atoms with Gasteiger partial charge in [0.1, 0.15) is 13.2 Å².